The number of benzene rings is 1. The third-order valence-corrected chi connectivity index (χ3v) is 3.44. The smallest absolute Gasteiger partial charge is 0.237 e. The Kier molecular flexibility index (Phi) is 6.68. The van der Waals surface area contributed by atoms with E-state index in [1.54, 1.807) is 6.92 Å². The average molecular weight is 278 g/mol. The zero-order valence-corrected chi connectivity index (χ0v) is 12.5. The Morgan fingerprint density at radius 2 is 1.85 bits per heavy atom. The molecule has 0 spiro atoms. The summed E-state index contributed by atoms with van der Waals surface area (Å²) in [5, 5.41) is 12.5. The van der Waals surface area contributed by atoms with Gasteiger partial charge in [0.05, 0.1) is 12.1 Å². The molecule has 3 atom stereocenters. The van der Waals surface area contributed by atoms with Gasteiger partial charge in [-0.3, -0.25) is 4.79 Å². The average Bonchev–Trinajstić information content (AvgIpc) is 2.42. The van der Waals surface area contributed by atoms with Crippen LogP contribution >= 0.6 is 0 Å². The Hall–Kier alpha value is -1.39. The summed E-state index contributed by atoms with van der Waals surface area (Å²) >= 11 is 0. The van der Waals surface area contributed by atoms with E-state index in [9.17, 15) is 9.90 Å². The first-order valence-corrected chi connectivity index (χ1v) is 7.18. The predicted molar refractivity (Wildman–Crippen MR) is 81.3 cm³/mol. The number of aliphatic hydroxyl groups excluding tert-OH is 1. The van der Waals surface area contributed by atoms with Crippen LogP contribution in [0.2, 0.25) is 0 Å². The molecule has 1 amide bonds. The molecule has 0 fully saturated rings. The molecule has 0 aliphatic rings. The fraction of sp³-hybridized carbons (Fsp3) is 0.562. The van der Waals surface area contributed by atoms with E-state index in [1.807, 2.05) is 44.2 Å². The number of nitrogens with one attached hydrogen (secondary N) is 1. The Morgan fingerprint density at radius 1 is 1.25 bits per heavy atom. The van der Waals surface area contributed by atoms with Gasteiger partial charge in [-0.1, -0.05) is 44.2 Å². The Morgan fingerprint density at radius 3 is 2.35 bits per heavy atom. The largest absolute Gasteiger partial charge is 0.393 e. The molecule has 4 heteroatoms. The first kappa shape index (κ1) is 16.7. The molecule has 0 heterocycles. The quantitative estimate of drug-likeness (QED) is 0.710. The van der Waals surface area contributed by atoms with Crippen LogP contribution in [0, 0.1) is 5.92 Å². The fourth-order valence-corrected chi connectivity index (χ4v) is 2.12. The molecule has 1 aromatic rings. The van der Waals surface area contributed by atoms with Crippen molar-refractivity contribution >= 4 is 5.91 Å². The number of rotatable bonds is 7. The molecule has 0 aliphatic heterocycles. The minimum Gasteiger partial charge on any atom is -0.393 e. The van der Waals surface area contributed by atoms with Gasteiger partial charge in [-0.2, -0.15) is 0 Å². The summed E-state index contributed by atoms with van der Waals surface area (Å²) in [5.41, 5.74) is 6.94. The monoisotopic (exact) mass is 278 g/mol. The van der Waals surface area contributed by atoms with Crippen molar-refractivity contribution in [3.05, 3.63) is 35.9 Å². The van der Waals surface area contributed by atoms with Gasteiger partial charge in [0.15, 0.2) is 0 Å². The van der Waals surface area contributed by atoms with Gasteiger partial charge in [0, 0.05) is 12.5 Å². The van der Waals surface area contributed by atoms with Crippen molar-refractivity contribution in [2.24, 2.45) is 11.7 Å². The van der Waals surface area contributed by atoms with E-state index in [1.165, 1.54) is 0 Å². The third kappa shape index (κ3) is 5.31. The molecular weight excluding hydrogens is 252 g/mol. The Labute approximate surface area is 121 Å². The first-order chi connectivity index (χ1) is 9.41. The topological polar surface area (TPSA) is 75.3 Å². The number of carbonyl (C=O) groups is 1. The lowest BCUT2D eigenvalue weighted by Crippen LogP contribution is -2.45. The molecule has 112 valence electrons. The number of amides is 1. The molecule has 1 rings (SSSR count). The molecule has 4 N–H and O–H groups in total. The van der Waals surface area contributed by atoms with Crippen LogP contribution in [-0.4, -0.2) is 29.7 Å². The molecule has 0 aromatic heterocycles. The van der Waals surface area contributed by atoms with Crippen molar-refractivity contribution in [3.63, 3.8) is 0 Å². The SMILES string of the molecule is CC(O)CC(CNC(=O)[C@@H](N)C(C)C)c1ccccc1. The Balaban J connectivity index is 2.65. The zero-order chi connectivity index (χ0) is 15.1. The zero-order valence-electron chi connectivity index (χ0n) is 12.5. The lowest BCUT2D eigenvalue weighted by Gasteiger charge is -2.22. The normalized spacial score (nSPS) is 15.7. The lowest BCUT2D eigenvalue weighted by molar-refractivity contribution is -0.123. The predicted octanol–water partition coefficient (Wildman–Crippen LogP) is 1.64. The van der Waals surface area contributed by atoms with Crippen molar-refractivity contribution in [2.45, 2.75) is 45.3 Å². The van der Waals surface area contributed by atoms with E-state index < -0.39 is 12.1 Å². The second kappa shape index (κ2) is 8.02. The minimum atomic E-state index is -0.488. The number of carbonyl (C=O) groups excluding carboxylic acids is 1. The van der Waals surface area contributed by atoms with Gasteiger partial charge in [0.25, 0.3) is 0 Å². The van der Waals surface area contributed by atoms with Crippen molar-refractivity contribution in [3.8, 4) is 0 Å². The van der Waals surface area contributed by atoms with Crippen LogP contribution in [0.3, 0.4) is 0 Å². The van der Waals surface area contributed by atoms with Gasteiger partial charge in [0.2, 0.25) is 5.91 Å². The van der Waals surface area contributed by atoms with Crippen molar-refractivity contribution in [2.75, 3.05) is 6.54 Å². The summed E-state index contributed by atoms with van der Waals surface area (Å²) in [6.45, 7) is 6.11. The van der Waals surface area contributed by atoms with Gasteiger partial charge >= 0.3 is 0 Å². The Bertz CT molecular complexity index is 404. The fourth-order valence-electron chi connectivity index (χ4n) is 2.12. The first-order valence-electron chi connectivity index (χ1n) is 7.18. The summed E-state index contributed by atoms with van der Waals surface area (Å²) < 4.78 is 0. The van der Waals surface area contributed by atoms with Crippen LogP contribution < -0.4 is 11.1 Å². The molecule has 0 radical (unpaired) electrons. The van der Waals surface area contributed by atoms with Crippen LogP contribution in [0.5, 0.6) is 0 Å². The summed E-state index contributed by atoms with van der Waals surface area (Å²) in [6, 6.07) is 9.43. The van der Waals surface area contributed by atoms with Crippen LogP contribution in [-0.2, 0) is 4.79 Å². The number of hydrogen-bond donors (Lipinski definition) is 3. The van der Waals surface area contributed by atoms with E-state index in [0.29, 0.717) is 13.0 Å². The van der Waals surface area contributed by atoms with Crippen molar-refractivity contribution in [1.29, 1.82) is 0 Å². The van der Waals surface area contributed by atoms with E-state index in [4.69, 9.17) is 5.73 Å². The molecular formula is C16H26N2O2. The number of nitrogens with two attached hydrogens (primary N) is 1. The van der Waals surface area contributed by atoms with Crippen molar-refractivity contribution in [1.82, 2.24) is 5.32 Å². The second-order valence-electron chi connectivity index (χ2n) is 5.71. The molecule has 20 heavy (non-hydrogen) atoms. The highest BCUT2D eigenvalue weighted by Crippen LogP contribution is 2.20. The summed E-state index contributed by atoms with van der Waals surface area (Å²) in [6.07, 6.45) is 0.206. The highest BCUT2D eigenvalue weighted by molar-refractivity contribution is 5.81. The van der Waals surface area contributed by atoms with E-state index in [0.717, 1.165) is 5.56 Å². The minimum absolute atomic E-state index is 0.0968. The third-order valence-electron chi connectivity index (χ3n) is 3.44. The molecule has 0 saturated carbocycles. The standard InChI is InChI=1S/C16H26N2O2/c1-11(2)15(17)16(20)18-10-14(9-12(3)19)13-7-5-4-6-8-13/h4-8,11-12,14-15,19H,9-10,17H2,1-3H3,(H,18,20)/t12?,14?,15-/m0/s1. The summed E-state index contributed by atoms with van der Waals surface area (Å²) in [4.78, 5) is 11.9. The molecule has 2 unspecified atom stereocenters. The molecule has 0 saturated heterocycles. The van der Waals surface area contributed by atoms with Gasteiger partial charge in [-0.25, -0.2) is 0 Å². The van der Waals surface area contributed by atoms with Crippen LogP contribution in [0.15, 0.2) is 30.3 Å². The highest BCUT2D eigenvalue weighted by atomic mass is 16.3. The van der Waals surface area contributed by atoms with Crippen LogP contribution in [0.4, 0.5) is 0 Å². The van der Waals surface area contributed by atoms with Crippen LogP contribution in [0.1, 0.15) is 38.7 Å². The number of hydrogen-bond acceptors (Lipinski definition) is 3. The van der Waals surface area contributed by atoms with Gasteiger partial charge in [0.1, 0.15) is 0 Å². The van der Waals surface area contributed by atoms with Gasteiger partial charge in [-0.05, 0) is 24.8 Å². The molecule has 1 aromatic carbocycles. The maximum Gasteiger partial charge on any atom is 0.237 e. The maximum absolute atomic E-state index is 11.9. The van der Waals surface area contributed by atoms with Gasteiger partial charge < -0.3 is 16.2 Å². The number of aliphatic hydroxyl groups is 1. The lowest BCUT2D eigenvalue weighted by atomic mass is 9.93. The second-order valence-corrected chi connectivity index (χ2v) is 5.71. The molecule has 0 bridgehead atoms. The van der Waals surface area contributed by atoms with Crippen LogP contribution in [0.25, 0.3) is 0 Å². The van der Waals surface area contributed by atoms with Crippen molar-refractivity contribution < 1.29 is 9.90 Å². The molecule has 0 aliphatic carbocycles. The summed E-state index contributed by atoms with van der Waals surface area (Å²) in [7, 11) is 0. The maximum atomic E-state index is 11.9. The van der Waals surface area contributed by atoms with E-state index in [-0.39, 0.29) is 17.7 Å². The van der Waals surface area contributed by atoms with E-state index in [2.05, 4.69) is 5.32 Å². The highest BCUT2D eigenvalue weighted by Gasteiger charge is 2.20. The van der Waals surface area contributed by atoms with Gasteiger partial charge in [-0.15, -0.1) is 0 Å². The van der Waals surface area contributed by atoms with E-state index >= 15 is 0 Å². The summed E-state index contributed by atoms with van der Waals surface area (Å²) in [5.74, 6) is 0.0768. The molecule has 4 nitrogen and oxygen atoms in total.